The molecule has 2 N–H and O–H groups in total. The number of carbonyl (C=O) groups excluding carboxylic acids is 1. The molecule has 1 aromatic heterocycles. The SMILES string of the molecule is CCCc1c(NC(=O)C(C)C(=O)O)cnn1-c1ccc(F)cc1. The second kappa shape index (κ2) is 7.04. The smallest absolute Gasteiger partial charge is 0.315 e. The summed E-state index contributed by atoms with van der Waals surface area (Å²) in [6.07, 6.45) is 2.92. The third-order valence-corrected chi connectivity index (χ3v) is 3.45. The minimum atomic E-state index is -1.19. The lowest BCUT2D eigenvalue weighted by Gasteiger charge is -2.11. The van der Waals surface area contributed by atoms with Crippen LogP contribution in [0.4, 0.5) is 10.1 Å². The van der Waals surface area contributed by atoms with E-state index in [-0.39, 0.29) is 5.82 Å². The molecule has 0 saturated carbocycles. The van der Waals surface area contributed by atoms with Gasteiger partial charge in [-0.15, -0.1) is 0 Å². The Kier molecular flexibility index (Phi) is 5.10. The van der Waals surface area contributed by atoms with Crippen molar-refractivity contribution < 1.29 is 19.1 Å². The van der Waals surface area contributed by atoms with Gasteiger partial charge in [-0.1, -0.05) is 13.3 Å². The number of benzene rings is 1. The number of amides is 1. The fraction of sp³-hybridized carbons (Fsp3) is 0.312. The van der Waals surface area contributed by atoms with Gasteiger partial charge in [0.1, 0.15) is 11.7 Å². The van der Waals surface area contributed by atoms with Crippen LogP contribution >= 0.6 is 0 Å². The fourth-order valence-electron chi connectivity index (χ4n) is 2.11. The van der Waals surface area contributed by atoms with Crippen molar-refractivity contribution in [1.82, 2.24) is 9.78 Å². The molecule has 0 aliphatic rings. The summed E-state index contributed by atoms with van der Waals surface area (Å²) in [5.41, 5.74) is 1.88. The highest BCUT2D eigenvalue weighted by atomic mass is 19.1. The van der Waals surface area contributed by atoms with Gasteiger partial charge in [-0.3, -0.25) is 9.59 Å². The highest BCUT2D eigenvalue weighted by molar-refractivity contribution is 6.04. The first kappa shape index (κ1) is 16.7. The van der Waals surface area contributed by atoms with Crippen molar-refractivity contribution in [2.75, 3.05) is 5.32 Å². The van der Waals surface area contributed by atoms with Crippen LogP contribution in [-0.2, 0) is 16.0 Å². The molecule has 1 unspecified atom stereocenters. The fourth-order valence-corrected chi connectivity index (χ4v) is 2.11. The highest BCUT2D eigenvalue weighted by Crippen LogP contribution is 2.22. The maximum Gasteiger partial charge on any atom is 0.315 e. The molecule has 0 spiro atoms. The average Bonchev–Trinajstić information content (AvgIpc) is 2.90. The molecule has 0 bridgehead atoms. The number of rotatable bonds is 6. The van der Waals surface area contributed by atoms with Crippen LogP contribution < -0.4 is 5.32 Å². The summed E-state index contributed by atoms with van der Waals surface area (Å²) >= 11 is 0. The van der Waals surface area contributed by atoms with E-state index in [4.69, 9.17) is 5.11 Å². The Labute approximate surface area is 132 Å². The molecule has 122 valence electrons. The summed E-state index contributed by atoms with van der Waals surface area (Å²) in [4.78, 5) is 22.8. The molecule has 1 aromatic carbocycles. The Morgan fingerprint density at radius 3 is 2.57 bits per heavy atom. The molecule has 2 aromatic rings. The van der Waals surface area contributed by atoms with Crippen molar-refractivity contribution in [3.05, 3.63) is 42.0 Å². The Hall–Kier alpha value is -2.70. The van der Waals surface area contributed by atoms with Crippen LogP contribution in [0.15, 0.2) is 30.5 Å². The van der Waals surface area contributed by atoms with Gasteiger partial charge in [0.05, 0.1) is 23.3 Å². The van der Waals surface area contributed by atoms with Crippen LogP contribution in [0.2, 0.25) is 0 Å². The van der Waals surface area contributed by atoms with Gasteiger partial charge in [-0.05, 0) is 37.6 Å². The Morgan fingerprint density at radius 2 is 2.00 bits per heavy atom. The van der Waals surface area contributed by atoms with E-state index in [1.807, 2.05) is 6.92 Å². The first-order valence-electron chi connectivity index (χ1n) is 7.30. The standard InChI is InChI=1S/C16H18FN3O3/c1-3-4-14-13(19-15(21)10(2)16(22)23)9-18-20(14)12-7-5-11(17)6-8-12/h5-10H,3-4H2,1-2H3,(H,19,21)(H,22,23). The van der Waals surface area contributed by atoms with E-state index in [1.54, 1.807) is 16.8 Å². The zero-order valence-electron chi connectivity index (χ0n) is 12.9. The van der Waals surface area contributed by atoms with Gasteiger partial charge < -0.3 is 10.4 Å². The highest BCUT2D eigenvalue weighted by Gasteiger charge is 2.22. The zero-order valence-corrected chi connectivity index (χ0v) is 12.9. The van der Waals surface area contributed by atoms with Gasteiger partial charge in [0.2, 0.25) is 5.91 Å². The lowest BCUT2D eigenvalue weighted by molar-refractivity contribution is -0.144. The van der Waals surface area contributed by atoms with Gasteiger partial charge in [0, 0.05) is 0 Å². The number of carboxylic acid groups (broad SMARTS) is 1. The Bertz CT molecular complexity index is 710. The van der Waals surface area contributed by atoms with E-state index in [9.17, 15) is 14.0 Å². The van der Waals surface area contributed by atoms with Gasteiger partial charge >= 0.3 is 5.97 Å². The van der Waals surface area contributed by atoms with Crippen molar-refractivity contribution >= 4 is 17.6 Å². The van der Waals surface area contributed by atoms with E-state index in [0.29, 0.717) is 17.8 Å². The molecular weight excluding hydrogens is 301 g/mol. The lowest BCUT2D eigenvalue weighted by Crippen LogP contribution is -2.27. The van der Waals surface area contributed by atoms with Crippen molar-refractivity contribution in [2.24, 2.45) is 5.92 Å². The number of carbonyl (C=O) groups is 2. The van der Waals surface area contributed by atoms with E-state index in [1.165, 1.54) is 25.3 Å². The molecule has 7 heteroatoms. The number of hydrogen-bond acceptors (Lipinski definition) is 3. The number of anilines is 1. The van der Waals surface area contributed by atoms with Gasteiger partial charge in [0.15, 0.2) is 0 Å². The van der Waals surface area contributed by atoms with E-state index in [0.717, 1.165) is 12.1 Å². The van der Waals surface area contributed by atoms with Gasteiger partial charge in [0.25, 0.3) is 0 Å². The molecule has 1 atom stereocenters. The van der Waals surface area contributed by atoms with Crippen molar-refractivity contribution in [2.45, 2.75) is 26.7 Å². The molecule has 0 aliphatic heterocycles. The number of nitrogens with zero attached hydrogens (tertiary/aromatic N) is 2. The van der Waals surface area contributed by atoms with E-state index >= 15 is 0 Å². The summed E-state index contributed by atoms with van der Waals surface area (Å²) < 4.78 is 14.7. The number of hydrogen-bond donors (Lipinski definition) is 2. The lowest BCUT2D eigenvalue weighted by atomic mass is 10.1. The van der Waals surface area contributed by atoms with Gasteiger partial charge in [-0.2, -0.15) is 5.10 Å². The summed E-state index contributed by atoms with van der Waals surface area (Å²) in [5, 5.41) is 15.7. The molecular formula is C16H18FN3O3. The molecule has 0 aliphatic carbocycles. The van der Waals surface area contributed by atoms with Crippen molar-refractivity contribution in [3.8, 4) is 5.69 Å². The first-order valence-corrected chi connectivity index (χ1v) is 7.30. The third kappa shape index (κ3) is 3.74. The van der Waals surface area contributed by atoms with Crippen LogP contribution in [0.3, 0.4) is 0 Å². The molecule has 1 amide bonds. The Balaban J connectivity index is 2.33. The molecule has 0 radical (unpaired) electrons. The molecule has 0 fully saturated rings. The van der Waals surface area contributed by atoms with Crippen LogP contribution in [-0.4, -0.2) is 26.8 Å². The number of carboxylic acids is 1. The van der Waals surface area contributed by atoms with Gasteiger partial charge in [-0.25, -0.2) is 9.07 Å². The maximum atomic E-state index is 13.1. The van der Waals surface area contributed by atoms with Crippen LogP contribution in [0, 0.1) is 11.7 Å². The number of aromatic nitrogens is 2. The predicted molar refractivity (Wildman–Crippen MR) is 82.9 cm³/mol. The molecule has 1 heterocycles. The van der Waals surface area contributed by atoms with Crippen molar-refractivity contribution in [3.63, 3.8) is 0 Å². The molecule has 2 rings (SSSR count). The average molecular weight is 319 g/mol. The quantitative estimate of drug-likeness (QED) is 0.802. The van der Waals surface area contributed by atoms with Crippen LogP contribution in [0.25, 0.3) is 5.69 Å². The van der Waals surface area contributed by atoms with E-state index < -0.39 is 17.8 Å². The summed E-state index contributed by atoms with van der Waals surface area (Å²) in [7, 11) is 0. The summed E-state index contributed by atoms with van der Waals surface area (Å²) in [6, 6.07) is 5.84. The minimum absolute atomic E-state index is 0.346. The number of halogens is 1. The summed E-state index contributed by atoms with van der Waals surface area (Å²) in [5.74, 6) is -3.29. The molecule has 6 nitrogen and oxygen atoms in total. The first-order chi connectivity index (χ1) is 10.9. The minimum Gasteiger partial charge on any atom is -0.481 e. The van der Waals surface area contributed by atoms with Crippen LogP contribution in [0.1, 0.15) is 26.0 Å². The second-order valence-electron chi connectivity index (χ2n) is 5.19. The maximum absolute atomic E-state index is 13.1. The number of aliphatic carboxylic acids is 1. The summed E-state index contributed by atoms with van der Waals surface area (Å²) in [6.45, 7) is 3.30. The largest absolute Gasteiger partial charge is 0.481 e. The normalized spacial score (nSPS) is 12.0. The Morgan fingerprint density at radius 1 is 1.35 bits per heavy atom. The molecule has 0 saturated heterocycles. The van der Waals surface area contributed by atoms with Crippen LogP contribution in [0.5, 0.6) is 0 Å². The monoisotopic (exact) mass is 319 g/mol. The zero-order chi connectivity index (χ0) is 17.0. The second-order valence-corrected chi connectivity index (χ2v) is 5.19. The predicted octanol–water partition coefficient (Wildman–Crippen LogP) is 2.62. The van der Waals surface area contributed by atoms with Crippen molar-refractivity contribution in [1.29, 1.82) is 0 Å². The third-order valence-electron chi connectivity index (χ3n) is 3.45. The van der Waals surface area contributed by atoms with E-state index in [2.05, 4.69) is 10.4 Å². The molecule has 23 heavy (non-hydrogen) atoms. The topological polar surface area (TPSA) is 84.2 Å². The number of nitrogens with one attached hydrogen (secondary N) is 1.